The Kier molecular flexibility index (Phi) is 3.62. The van der Waals surface area contributed by atoms with Gasteiger partial charge >= 0.3 is 5.97 Å². The predicted molar refractivity (Wildman–Crippen MR) is 53.8 cm³/mol. The zero-order valence-electron chi connectivity index (χ0n) is 7.90. The van der Waals surface area contributed by atoms with Crippen molar-refractivity contribution in [1.29, 1.82) is 0 Å². The summed E-state index contributed by atoms with van der Waals surface area (Å²) in [5.41, 5.74) is 0.160. The first-order valence-electron chi connectivity index (χ1n) is 4.15. The summed E-state index contributed by atoms with van der Waals surface area (Å²) in [7, 11) is 0. The van der Waals surface area contributed by atoms with Crippen molar-refractivity contribution < 1.29 is 14.7 Å². The molecule has 6 heteroatoms. The van der Waals surface area contributed by atoms with Crippen LogP contribution in [0.3, 0.4) is 0 Å². The number of carboxylic acids is 1. The van der Waals surface area contributed by atoms with Gasteiger partial charge in [-0.2, -0.15) is 0 Å². The van der Waals surface area contributed by atoms with Crippen LogP contribution in [0, 0.1) is 0 Å². The average molecular weight is 229 g/mol. The number of nitrogens with zero attached hydrogens (tertiary/aromatic N) is 1. The summed E-state index contributed by atoms with van der Waals surface area (Å²) < 4.78 is 0. The van der Waals surface area contributed by atoms with Gasteiger partial charge in [0.1, 0.15) is 6.04 Å². The van der Waals surface area contributed by atoms with Crippen molar-refractivity contribution in [1.82, 2.24) is 10.3 Å². The molecule has 1 aromatic heterocycles. The van der Waals surface area contributed by atoms with E-state index in [0.717, 1.165) is 0 Å². The molecule has 1 aromatic rings. The zero-order valence-corrected chi connectivity index (χ0v) is 8.65. The van der Waals surface area contributed by atoms with Gasteiger partial charge in [-0.25, -0.2) is 0 Å². The summed E-state index contributed by atoms with van der Waals surface area (Å²) in [6.45, 7) is 1.37. The smallest absolute Gasteiger partial charge is 0.325 e. The van der Waals surface area contributed by atoms with Crippen molar-refractivity contribution in [3.05, 3.63) is 29.0 Å². The highest BCUT2D eigenvalue weighted by atomic mass is 35.5. The van der Waals surface area contributed by atoms with E-state index in [2.05, 4.69) is 10.3 Å². The number of pyridine rings is 1. The van der Waals surface area contributed by atoms with Crippen molar-refractivity contribution in [2.24, 2.45) is 0 Å². The highest BCUT2D eigenvalue weighted by Crippen LogP contribution is 2.13. The van der Waals surface area contributed by atoms with E-state index in [9.17, 15) is 9.59 Å². The van der Waals surface area contributed by atoms with Crippen molar-refractivity contribution in [2.45, 2.75) is 13.0 Å². The second-order valence-electron chi connectivity index (χ2n) is 2.89. The molecule has 0 fully saturated rings. The Bertz CT molecular complexity index is 395. The van der Waals surface area contributed by atoms with Crippen LogP contribution < -0.4 is 5.32 Å². The molecule has 0 aliphatic carbocycles. The number of carbonyl (C=O) groups excluding carboxylic acids is 1. The SMILES string of the molecule is CC(NC(=O)c1cnccc1Cl)C(=O)O. The third kappa shape index (κ3) is 2.92. The fourth-order valence-electron chi connectivity index (χ4n) is 0.881. The first-order chi connectivity index (χ1) is 7.02. The molecule has 0 spiro atoms. The Morgan fingerprint density at radius 2 is 2.27 bits per heavy atom. The van der Waals surface area contributed by atoms with Gasteiger partial charge in [-0.3, -0.25) is 14.6 Å². The fraction of sp³-hybridized carbons (Fsp3) is 0.222. The van der Waals surface area contributed by atoms with Crippen molar-refractivity contribution in [3.63, 3.8) is 0 Å². The number of carbonyl (C=O) groups is 2. The second-order valence-corrected chi connectivity index (χ2v) is 3.30. The Balaban J connectivity index is 2.78. The monoisotopic (exact) mass is 228 g/mol. The summed E-state index contributed by atoms with van der Waals surface area (Å²) in [4.78, 5) is 25.7. The van der Waals surface area contributed by atoms with Crippen LogP contribution in [0.4, 0.5) is 0 Å². The molecule has 1 atom stereocenters. The fourth-order valence-corrected chi connectivity index (χ4v) is 1.07. The summed E-state index contributed by atoms with van der Waals surface area (Å²) in [6.07, 6.45) is 2.73. The lowest BCUT2D eigenvalue weighted by Crippen LogP contribution is -2.38. The largest absolute Gasteiger partial charge is 0.480 e. The number of hydrogen-bond donors (Lipinski definition) is 2. The highest BCUT2D eigenvalue weighted by Gasteiger charge is 2.16. The van der Waals surface area contributed by atoms with Gasteiger partial charge in [-0.1, -0.05) is 11.6 Å². The number of carboxylic acid groups (broad SMARTS) is 1. The molecule has 1 unspecified atom stereocenters. The molecule has 0 aliphatic rings. The lowest BCUT2D eigenvalue weighted by Gasteiger charge is -2.09. The zero-order chi connectivity index (χ0) is 11.4. The molecule has 0 bridgehead atoms. The minimum Gasteiger partial charge on any atom is -0.480 e. The number of nitrogens with one attached hydrogen (secondary N) is 1. The van der Waals surface area contributed by atoms with Crippen LogP contribution in [0.2, 0.25) is 5.02 Å². The van der Waals surface area contributed by atoms with Crippen LogP contribution in [0.15, 0.2) is 18.5 Å². The molecule has 1 heterocycles. The molecule has 1 rings (SSSR count). The molecule has 0 saturated carbocycles. The third-order valence-electron chi connectivity index (χ3n) is 1.73. The normalized spacial score (nSPS) is 11.9. The Morgan fingerprint density at radius 1 is 1.60 bits per heavy atom. The van der Waals surface area contributed by atoms with E-state index in [4.69, 9.17) is 16.7 Å². The van der Waals surface area contributed by atoms with Crippen molar-refractivity contribution >= 4 is 23.5 Å². The summed E-state index contributed by atoms with van der Waals surface area (Å²) in [5, 5.41) is 11.1. The van der Waals surface area contributed by atoms with Crippen LogP contribution in [0.5, 0.6) is 0 Å². The summed E-state index contributed by atoms with van der Waals surface area (Å²) in [6, 6.07) is 0.496. The average Bonchev–Trinajstić information content (AvgIpc) is 2.18. The molecule has 15 heavy (non-hydrogen) atoms. The Morgan fingerprint density at radius 3 is 2.80 bits per heavy atom. The van der Waals surface area contributed by atoms with Crippen LogP contribution >= 0.6 is 11.6 Å². The van der Waals surface area contributed by atoms with E-state index in [1.165, 1.54) is 25.4 Å². The molecule has 80 valence electrons. The van der Waals surface area contributed by atoms with Crippen LogP contribution in [0.1, 0.15) is 17.3 Å². The summed E-state index contributed by atoms with van der Waals surface area (Å²) in [5.74, 6) is -1.66. The van der Waals surface area contributed by atoms with Gasteiger partial charge in [0, 0.05) is 12.4 Å². The molecular formula is C9H9ClN2O3. The van der Waals surface area contributed by atoms with E-state index in [-0.39, 0.29) is 10.6 Å². The van der Waals surface area contributed by atoms with Gasteiger partial charge in [0.05, 0.1) is 10.6 Å². The van der Waals surface area contributed by atoms with Crippen molar-refractivity contribution in [2.75, 3.05) is 0 Å². The van der Waals surface area contributed by atoms with E-state index >= 15 is 0 Å². The molecule has 0 aromatic carbocycles. The lowest BCUT2D eigenvalue weighted by molar-refractivity contribution is -0.138. The van der Waals surface area contributed by atoms with Gasteiger partial charge in [0.25, 0.3) is 5.91 Å². The minimum absolute atomic E-state index is 0.160. The van der Waals surface area contributed by atoms with Crippen LogP contribution in [-0.4, -0.2) is 28.0 Å². The first-order valence-corrected chi connectivity index (χ1v) is 4.53. The standard InChI is InChI=1S/C9H9ClN2O3/c1-5(9(14)15)12-8(13)6-4-11-3-2-7(6)10/h2-5H,1H3,(H,12,13)(H,14,15). The molecule has 0 aliphatic heterocycles. The minimum atomic E-state index is -1.11. The highest BCUT2D eigenvalue weighted by molar-refractivity contribution is 6.33. The van der Waals surface area contributed by atoms with Gasteiger partial charge in [-0.15, -0.1) is 0 Å². The van der Waals surface area contributed by atoms with E-state index in [0.29, 0.717) is 0 Å². The molecule has 1 amide bonds. The molecule has 2 N–H and O–H groups in total. The first kappa shape index (κ1) is 11.5. The number of aromatic nitrogens is 1. The maximum Gasteiger partial charge on any atom is 0.325 e. The van der Waals surface area contributed by atoms with Gasteiger partial charge in [-0.05, 0) is 13.0 Å². The number of hydrogen-bond acceptors (Lipinski definition) is 3. The lowest BCUT2D eigenvalue weighted by atomic mass is 10.2. The number of aliphatic carboxylic acids is 1. The Hall–Kier alpha value is -1.62. The molecule has 5 nitrogen and oxygen atoms in total. The second kappa shape index (κ2) is 4.75. The molecule has 0 radical (unpaired) electrons. The summed E-state index contributed by atoms with van der Waals surface area (Å²) >= 11 is 5.73. The molecular weight excluding hydrogens is 220 g/mol. The van der Waals surface area contributed by atoms with Crippen LogP contribution in [0.25, 0.3) is 0 Å². The number of rotatable bonds is 3. The quantitative estimate of drug-likeness (QED) is 0.807. The van der Waals surface area contributed by atoms with Crippen molar-refractivity contribution in [3.8, 4) is 0 Å². The Labute approximate surface area is 91.1 Å². The van der Waals surface area contributed by atoms with Gasteiger partial charge < -0.3 is 10.4 Å². The predicted octanol–water partition coefficient (Wildman–Crippen LogP) is 0.938. The topological polar surface area (TPSA) is 79.3 Å². The van der Waals surface area contributed by atoms with Gasteiger partial charge in [0.2, 0.25) is 0 Å². The number of halogens is 1. The van der Waals surface area contributed by atoms with Crippen LogP contribution in [-0.2, 0) is 4.79 Å². The van der Waals surface area contributed by atoms with Gasteiger partial charge in [0.15, 0.2) is 0 Å². The van der Waals surface area contributed by atoms with E-state index < -0.39 is 17.9 Å². The molecule has 0 saturated heterocycles. The maximum absolute atomic E-state index is 11.5. The third-order valence-corrected chi connectivity index (χ3v) is 2.06. The van der Waals surface area contributed by atoms with E-state index in [1.807, 2.05) is 0 Å². The van der Waals surface area contributed by atoms with E-state index in [1.54, 1.807) is 0 Å². The maximum atomic E-state index is 11.5. The number of amides is 1.